The summed E-state index contributed by atoms with van der Waals surface area (Å²) in [5, 5.41) is 9.56. The highest BCUT2D eigenvalue weighted by molar-refractivity contribution is 5.96. The molecule has 0 spiro atoms. The molecule has 0 aliphatic heterocycles. The molecule has 30 heavy (non-hydrogen) atoms. The lowest BCUT2D eigenvalue weighted by Gasteiger charge is -2.37. The van der Waals surface area contributed by atoms with Gasteiger partial charge in [0.1, 0.15) is 5.82 Å². The van der Waals surface area contributed by atoms with Gasteiger partial charge in [0.05, 0.1) is 6.20 Å². The molecule has 1 aliphatic rings. The number of primary amides is 1. The van der Waals surface area contributed by atoms with E-state index in [0.717, 1.165) is 30.5 Å². The van der Waals surface area contributed by atoms with E-state index in [9.17, 15) is 9.59 Å². The van der Waals surface area contributed by atoms with Crippen molar-refractivity contribution in [3.63, 3.8) is 0 Å². The summed E-state index contributed by atoms with van der Waals surface area (Å²) < 4.78 is 0. The zero-order chi connectivity index (χ0) is 21.7. The van der Waals surface area contributed by atoms with Crippen molar-refractivity contribution >= 4 is 29.1 Å². The molecule has 1 unspecified atom stereocenters. The molecule has 1 aliphatic carbocycles. The SMILES string of the molecule is C=CC(=O)NC1CCC[C@@H](Nc2cnc(C(N)=O)c(Nc3cccc(C)c3)n2)[C@H]1C. The lowest BCUT2D eigenvalue weighted by atomic mass is 9.81. The molecule has 0 bridgehead atoms. The number of aromatic nitrogens is 2. The van der Waals surface area contributed by atoms with Gasteiger partial charge in [0.25, 0.3) is 5.91 Å². The predicted molar refractivity (Wildman–Crippen MR) is 118 cm³/mol. The minimum atomic E-state index is -0.651. The summed E-state index contributed by atoms with van der Waals surface area (Å²) in [5.41, 5.74) is 7.43. The second kappa shape index (κ2) is 9.39. The van der Waals surface area contributed by atoms with Crippen molar-refractivity contribution in [2.75, 3.05) is 10.6 Å². The predicted octanol–water partition coefficient (Wildman–Crippen LogP) is 2.90. The molecule has 3 atom stereocenters. The second-order valence-electron chi connectivity index (χ2n) is 7.67. The topological polar surface area (TPSA) is 122 Å². The highest BCUT2D eigenvalue weighted by Gasteiger charge is 2.31. The first-order valence-corrected chi connectivity index (χ1v) is 10.1. The molecule has 8 nitrogen and oxygen atoms in total. The molecule has 2 amide bonds. The standard InChI is InChI=1S/C22H28N6O2/c1-4-19(29)27-17-10-6-9-16(14(17)3)26-18-12-24-20(21(23)30)22(28-18)25-15-8-5-7-13(2)11-15/h4-5,7-8,11-12,14,16-17H,1,6,9-10H2,2-3H3,(H2,23,30)(H,27,29)(H2,25,26,28)/t14-,16-,17?/m1/s1. The number of carbonyl (C=O) groups excluding carboxylic acids is 2. The third-order valence-corrected chi connectivity index (χ3v) is 5.43. The summed E-state index contributed by atoms with van der Waals surface area (Å²) in [5.74, 6) is 0.222. The normalized spacial score (nSPS) is 20.8. The monoisotopic (exact) mass is 408 g/mol. The van der Waals surface area contributed by atoms with Crippen molar-refractivity contribution in [1.82, 2.24) is 15.3 Å². The Bertz CT molecular complexity index is 945. The molecule has 1 heterocycles. The molecule has 1 aromatic carbocycles. The highest BCUT2D eigenvalue weighted by atomic mass is 16.2. The van der Waals surface area contributed by atoms with Crippen LogP contribution >= 0.6 is 0 Å². The fourth-order valence-electron chi connectivity index (χ4n) is 3.79. The zero-order valence-electron chi connectivity index (χ0n) is 17.3. The van der Waals surface area contributed by atoms with Gasteiger partial charge in [-0.1, -0.05) is 25.6 Å². The number of aryl methyl sites for hydroxylation is 1. The quantitative estimate of drug-likeness (QED) is 0.523. The molecule has 0 radical (unpaired) electrons. The third-order valence-electron chi connectivity index (χ3n) is 5.43. The molecule has 5 N–H and O–H groups in total. The van der Waals surface area contributed by atoms with Gasteiger partial charge < -0.3 is 21.7 Å². The van der Waals surface area contributed by atoms with Gasteiger partial charge in [-0.3, -0.25) is 9.59 Å². The molecule has 2 aromatic rings. The Balaban J connectivity index is 1.79. The van der Waals surface area contributed by atoms with Crippen molar-refractivity contribution in [3.05, 3.63) is 54.4 Å². The van der Waals surface area contributed by atoms with Crippen LogP contribution < -0.4 is 21.7 Å². The van der Waals surface area contributed by atoms with E-state index in [-0.39, 0.29) is 29.6 Å². The van der Waals surface area contributed by atoms with E-state index < -0.39 is 5.91 Å². The number of nitrogens with two attached hydrogens (primary N) is 1. The molecule has 1 fully saturated rings. The van der Waals surface area contributed by atoms with E-state index in [1.165, 1.54) is 12.3 Å². The first kappa shape index (κ1) is 21.3. The summed E-state index contributed by atoms with van der Waals surface area (Å²) >= 11 is 0. The van der Waals surface area contributed by atoms with Crippen molar-refractivity contribution in [1.29, 1.82) is 0 Å². The second-order valence-corrected chi connectivity index (χ2v) is 7.67. The van der Waals surface area contributed by atoms with Crippen molar-refractivity contribution in [2.45, 2.75) is 45.2 Å². The summed E-state index contributed by atoms with van der Waals surface area (Å²) in [6.45, 7) is 7.60. The number of nitrogens with one attached hydrogen (secondary N) is 3. The van der Waals surface area contributed by atoms with Crippen LogP contribution in [0.2, 0.25) is 0 Å². The van der Waals surface area contributed by atoms with Crippen molar-refractivity contribution < 1.29 is 9.59 Å². The average Bonchev–Trinajstić information content (AvgIpc) is 2.71. The van der Waals surface area contributed by atoms with E-state index in [1.807, 2.05) is 31.2 Å². The van der Waals surface area contributed by atoms with E-state index in [2.05, 4.69) is 39.4 Å². The molecule has 158 valence electrons. The third kappa shape index (κ3) is 5.14. The largest absolute Gasteiger partial charge is 0.366 e. The Morgan fingerprint density at radius 1 is 1.27 bits per heavy atom. The molecule has 0 saturated heterocycles. The van der Waals surface area contributed by atoms with E-state index in [0.29, 0.717) is 11.6 Å². The minimum absolute atomic E-state index is 0.0597. The number of amides is 2. The molecule has 8 heteroatoms. The Labute approximate surface area is 176 Å². The molecule has 1 saturated carbocycles. The van der Waals surface area contributed by atoms with Gasteiger partial charge in [-0.25, -0.2) is 9.97 Å². The van der Waals surface area contributed by atoms with E-state index in [1.54, 1.807) is 0 Å². The average molecular weight is 409 g/mol. The van der Waals surface area contributed by atoms with Gasteiger partial charge in [0.15, 0.2) is 11.5 Å². The molecular formula is C22H28N6O2. The first-order chi connectivity index (χ1) is 14.4. The molecular weight excluding hydrogens is 380 g/mol. The van der Waals surface area contributed by atoms with E-state index >= 15 is 0 Å². The smallest absolute Gasteiger partial charge is 0.271 e. The summed E-state index contributed by atoms with van der Waals surface area (Å²) in [6, 6.07) is 7.89. The van der Waals surface area contributed by atoms with Gasteiger partial charge in [-0.2, -0.15) is 0 Å². The van der Waals surface area contributed by atoms with Gasteiger partial charge in [0, 0.05) is 17.8 Å². The number of hydrogen-bond donors (Lipinski definition) is 4. The molecule has 3 rings (SSSR count). The van der Waals surface area contributed by atoms with E-state index in [4.69, 9.17) is 5.73 Å². The van der Waals surface area contributed by atoms with Crippen LogP contribution in [0.5, 0.6) is 0 Å². The van der Waals surface area contributed by atoms with Crippen molar-refractivity contribution in [2.24, 2.45) is 11.7 Å². The van der Waals surface area contributed by atoms with Gasteiger partial charge in [-0.05, 0) is 55.9 Å². The first-order valence-electron chi connectivity index (χ1n) is 10.1. The maximum Gasteiger partial charge on any atom is 0.271 e. The Morgan fingerprint density at radius 3 is 2.73 bits per heavy atom. The minimum Gasteiger partial charge on any atom is -0.366 e. The summed E-state index contributed by atoms with van der Waals surface area (Å²) in [4.78, 5) is 32.3. The van der Waals surface area contributed by atoms with Crippen LogP contribution in [0.3, 0.4) is 0 Å². The lowest BCUT2D eigenvalue weighted by molar-refractivity contribution is -0.117. The number of carbonyl (C=O) groups is 2. The van der Waals surface area contributed by atoms with Crippen LogP contribution in [0, 0.1) is 12.8 Å². The molecule has 1 aromatic heterocycles. The Morgan fingerprint density at radius 2 is 2.03 bits per heavy atom. The van der Waals surface area contributed by atoms with Crippen LogP contribution in [-0.2, 0) is 4.79 Å². The number of nitrogens with zero attached hydrogens (tertiary/aromatic N) is 2. The van der Waals surface area contributed by atoms with Gasteiger partial charge in [-0.15, -0.1) is 0 Å². The number of benzene rings is 1. The van der Waals surface area contributed by atoms with Crippen LogP contribution in [0.25, 0.3) is 0 Å². The fraction of sp³-hybridized carbons (Fsp3) is 0.364. The summed E-state index contributed by atoms with van der Waals surface area (Å²) in [6.07, 6.45) is 5.65. The Kier molecular flexibility index (Phi) is 6.66. The maximum absolute atomic E-state index is 11.8. The summed E-state index contributed by atoms with van der Waals surface area (Å²) in [7, 11) is 0. The number of rotatable bonds is 7. The van der Waals surface area contributed by atoms with Gasteiger partial charge in [0.2, 0.25) is 5.91 Å². The lowest BCUT2D eigenvalue weighted by Crippen LogP contribution is -2.48. The zero-order valence-corrected chi connectivity index (χ0v) is 17.3. The van der Waals surface area contributed by atoms with Crippen molar-refractivity contribution in [3.8, 4) is 0 Å². The number of anilines is 3. The van der Waals surface area contributed by atoms with Crippen LogP contribution in [0.1, 0.15) is 42.2 Å². The highest BCUT2D eigenvalue weighted by Crippen LogP contribution is 2.28. The van der Waals surface area contributed by atoms with Gasteiger partial charge >= 0.3 is 0 Å². The fourth-order valence-corrected chi connectivity index (χ4v) is 3.79. The maximum atomic E-state index is 11.8. The van der Waals surface area contributed by atoms with Crippen LogP contribution in [0.15, 0.2) is 43.1 Å². The van der Waals surface area contributed by atoms with Crippen LogP contribution in [-0.4, -0.2) is 33.9 Å². The Hall–Kier alpha value is -3.42. The van der Waals surface area contributed by atoms with Crippen LogP contribution in [0.4, 0.5) is 17.3 Å². The number of hydrogen-bond acceptors (Lipinski definition) is 6.